The number of carbonyl (C=O) groups excluding carboxylic acids is 4. The van der Waals surface area contributed by atoms with Crippen LogP contribution in [-0.2, 0) is 14.3 Å². The van der Waals surface area contributed by atoms with E-state index >= 15 is 0 Å². The van der Waals surface area contributed by atoms with Crippen molar-refractivity contribution in [3.63, 3.8) is 0 Å². The molecule has 32 heavy (non-hydrogen) atoms. The Hall–Kier alpha value is -3.57. The Morgan fingerprint density at radius 2 is 1.72 bits per heavy atom. The zero-order chi connectivity index (χ0) is 23.7. The molecule has 0 aromatic heterocycles. The van der Waals surface area contributed by atoms with Gasteiger partial charge in [-0.15, -0.1) is 0 Å². The van der Waals surface area contributed by atoms with Crippen molar-refractivity contribution in [3.05, 3.63) is 67.4 Å². The van der Waals surface area contributed by atoms with E-state index < -0.39 is 52.8 Å². The Balaban J connectivity index is 1.63. The van der Waals surface area contributed by atoms with Crippen molar-refractivity contribution in [2.75, 3.05) is 11.9 Å². The van der Waals surface area contributed by atoms with Gasteiger partial charge >= 0.3 is 11.7 Å². The molecule has 3 rings (SSSR count). The van der Waals surface area contributed by atoms with E-state index in [1.807, 2.05) is 0 Å². The SMILES string of the molecule is CC(OC(=O)CN1C(=O)c2cc(Cl)c(Cl)cc2C1=O)C(=O)Nc1ccc(F)c([N+](=O)[O-])c1. The number of esters is 1. The van der Waals surface area contributed by atoms with E-state index in [9.17, 15) is 33.7 Å². The highest BCUT2D eigenvalue weighted by Gasteiger charge is 2.38. The van der Waals surface area contributed by atoms with Crippen LogP contribution in [0.5, 0.6) is 0 Å². The molecule has 2 aromatic carbocycles. The molecule has 10 nitrogen and oxygen atoms in total. The molecule has 1 atom stereocenters. The molecule has 0 spiro atoms. The number of nitro benzene ring substituents is 1. The van der Waals surface area contributed by atoms with E-state index in [4.69, 9.17) is 27.9 Å². The van der Waals surface area contributed by atoms with Gasteiger partial charge in [0.05, 0.1) is 26.1 Å². The van der Waals surface area contributed by atoms with E-state index in [1.54, 1.807) is 0 Å². The zero-order valence-corrected chi connectivity index (χ0v) is 17.6. The average molecular weight is 484 g/mol. The van der Waals surface area contributed by atoms with Gasteiger partial charge in [-0.25, -0.2) is 0 Å². The lowest BCUT2D eigenvalue weighted by molar-refractivity contribution is -0.387. The number of hydrogen-bond acceptors (Lipinski definition) is 7. The van der Waals surface area contributed by atoms with E-state index in [0.717, 1.165) is 18.2 Å². The number of fused-ring (bicyclic) bond motifs is 1. The lowest BCUT2D eigenvalue weighted by atomic mass is 10.1. The minimum absolute atomic E-state index is 0.0269. The van der Waals surface area contributed by atoms with Crippen LogP contribution in [0, 0.1) is 15.9 Å². The van der Waals surface area contributed by atoms with Gasteiger partial charge in [0.25, 0.3) is 17.7 Å². The van der Waals surface area contributed by atoms with Gasteiger partial charge in [-0.05, 0) is 31.2 Å². The summed E-state index contributed by atoms with van der Waals surface area (Å²) in [6, 6.07) is 5.11. The predicted molar refractivity (Wildman–Crippen MR) is 109 cm³/mol. The van der Waals surface area contributed by atoms with Crippen LogP contribution in [0.3, 0.4) is 0 Å². The van der Waals surface area contributed by atoms with Crippen molar-refractivity contribution in [3.8, 4) is 0 Å². The highest BCUT2D eigenvalue weighted by Crippen LogP contribution is 2.31. The molecule has 3 amide bonds. The summed E-state index contributed by atoms with van der Waals surface area (Å²) in [7, 11) is 0. The second-order valence-corrected chi connectivity index (χ2v) is 7.37. The van der Waals surface area contributed by atoms with Gasteiger partial charge in [0.15, 0.2) is 6.10 Å². The minimum Gasteiger partial charge on any atom is -0.451 e. The van der Waals surface area contributed by atoms with E-state index in [1.165, 1.54) is 19.1 Å². The zero-order valence-electron chi connectivity index (χ0n) is 16.1. The van der Waals surface area contributed by atoms with Crippen LogP contribution in [0.4, 0.5) is 15.8 Å². The number of nitrogens with one attached hydrogen (secondary N) is 1. The van der Waals surface area contributed by atoms with Crippen LogP contribution in [-0.4, -0.2) is 46.2 Å². The van der Waals surface area contributed by atoms with Gasteiger partial charge in [-0.1, -0.05) is 23.2 Å². The minimum atomic E-state index is -1.40. The number of carbonyl (C=O) groups is 4. The molecule has 1 aliphatic rings. The number of imide groups is 1. The molecule has 13 heteroatoms. The van der Waals surface area contributed by atoms with Gasteiger partial charge in [0, 0.05) is 11.8 Å². The molecule has 1 unspecified atom stereocenters. The number of nitro groups is 1. The third-order valence-electron chi connectivity index (χ3n) is 4.39. The van der Waals surface area contributed by atoms with Crippen molar-refractivity contribution in [1.29, 1.82) is 0 Å². The Morgan fingerprint density at radius 1 is 1.16 bits per heavy atom. The van der Waals surface area contributed by atoms with Crippen LogP contribution in [0.1, 0.15) is 27.6 Å². The van der Waals surface area contributed by atoms with Gasteiger partial charge < -0.3 is 10.1 Å². The molecule has 1 N–H and O–H groups in total. The number of rotatable bonds is 6. The monoisotopic (exact) mass is 483 g/mol. The summed E-state index contributed by atoms with van der Waals surface area (Å²) >= 11 is 11.7. The third kappa shape index (κ3) is 4.53. The van der Waals surface area contributed by atoms with Crippen molar-refractivity contribution in [2.45, 2.75) is 13.0 Å². The van der Waals surface area contributed by atoms with E-state index in [0.29, 0.717) is 4.90 Å². The average Bonchev–Trinajstić information content (AvgIpc) is 2.93. The Morgan fingerprint density at radius 3 is 2.25 bits per heavy atom. The van der Waals surface area contributed by atoms with Crippen molar-refractivity contribution in [2.24, 2.45) is 0 Å². The fourth-order valence-electron chi connectivity index (χ4n) is 2.82. The number of ether oxygens (including phenoxy) is 1. The highest BCUT2D eigenvalue weighted by atomic mass is 35.5. The summed E-state index contributed by atoms with van der Waals surface area (Å²) in [5.74, 6) is -4.59. The first-order chi connectivity index (χ1) is 15.0. The molecule has 1 aliphatic heterocycles. The van der Waals surface area contributed by atoms with E-state index in [2.05, 4.69) is 5.32 Å². The number of halogens is 3. The number of anilines is 1. The standard InChI is InChI=1S/C19H12Cl2FN3O7/c1-8(17(27)23-9-2-3-14(22)15(4-9)25(30)31)32-16(26)7-24-18(28)10-5-12(20)13(21)6-11(10)19(24)29/h2-6,8H,7H2,1H3,(H,23,27). The summed E-state index contributed by atoms with van der Waals surface area (Å²) in [5, 5.41) is 13.1. The van der Waals surface area contributed by atoms with Crippen molar-refractivity contribution >= 4 is 58.3 Å². The molecule has 0 fully saturated rings. The normalized spacial score (nSPS) is 13.6. The maximum absolute atomic E-state index is 13.4. The first-order valence-electron chi connectivity index (χ1n) is 8.79. The maximum atomic E-state index is 13.4. The maximum Gasteiger partial charge on any atom is 0.326 e. The lowest BCUT2D eigenvalue weighted by Crippen LogP contribution is -2.38. The van der Waals surface area contributed by atoms with Crippen LogP contribution in [0.2, 0.25) is 10.0 Å². The molecular weight excluding hydrogens is 472 g/mol. The summed E-state index contributed by atoms with van der Waals surface area (Å²) in [6.45, 7) is 0.425. The van der Waals surface area contributed by atoms with Crippen molar-refractivity contribution in [1.82, 2.24) is 4.90 Å². The molecule has 1 heterocycles. The number of benzene rings is 2. The molecule has 166 valence electrons. The summed E-state index contributed by atoms with van der Waals surface area (Å²) < 4.78 is 18.3. The summed E-state index contributed by atoms with van der Waals surface area (Å²) in [5.41, 5.74) is -1.000. The number of hydrogen-bond donors (Lipinski definition) is 1. The van der Waals surface area contributed by atoms with E-state index in [-0.39, 0.29) is 26.9 Å². The van der Waals surface area contributed by atoms with Gasteiger partial charge in [-0.3, -0.25) is 34.2 Å². The number of nitrogens with zero attached hydrogens (tertiary/aromatic N) is 2. The molecule has 0 aliphatic carbocycles. The van der Waals surface area contributed by atoms with Gasteiger partial charge in [-0.2, -0.15) is 4.39 Å². The molecular formula is C19H12Cl2FN3O7. The van der Waals surface area contributed by atoms with Crippen molar-refractivity contribution < 1.29 is 33.2 Å². The third-order valence-corrected chi connectivity index (χ3v) is 5.11. The molecule has 2 aromatic rings. The summed E-state index contributed by atoms with van der Waals surface area (Å²) in [6.07, 6.45) is -1.40. The van der Waals surface area contributed by atoms with Gasteiger partial charge in [0.1, 0.15) is 6.54 Å². The quantitative estimate of drug-likeness (QED) is 0.288. The molecule has 0 bridgehead atoms. The van der Waals surface area contributed by atoms with Gasteiger partial charge in [0.2, 0.25) is 5.82 Å². The Labute approximate surface area is 189 Å². The molecule has 0 radical (unpaired) electrons. The van der Waals surface area contributed by atoms with Crippen LogP contribution in [0.15, 0.2) is 30.3 Å². The molecule has 0 saturated heterocycles. The topological polar surface area (TPSA) is 136 Å². The lowest BCUT2D eigenvalue weighted by Gasteiger charge is -2.16. The second-order valence-electron chi connectivity index (χ2n) is 6.55. The van der Waals surface area contributed by atoms with Crippen LogP contribution < -0.4 is 5.32 Å². The first-order valence-corrected chi connectivity index (χ1v) is 9.54. The smallest absolute Gasteiger partial charge is 0.326 e. The predicted octanol–water partition coefficient (Wildman–Crippen LogP) is 3.21. The van der Waals surface area contributed by atoms with Crippen LogP contribution in [0.25, 0.3) is 0 Å². The summed E-state index contributed by atoms with van der Waals surface area (Å²) in [4.78, 5) is 59.7. The first kappa shape index (κ1) is 23.1. The fraction of sp³-hybridized carbons (Fsp3) is 0.158. The second kappa shape index (κ2) is 8.89. The molecule has 0 saturated carbocycles. The van der Waals surface area contributed by atoms with Crippen LogP contribution >= 0.6 is 23.2 Å². The Bertz CT molecular complexity index is 1150. The fourth-order valence-corrected chi connectivity index (χ4v) is 3.15. The number of amides is 3. The largest absolute Gasteiger partial charge is 0.451 e. The Kier molecular flexibility index (Phi) is 6.42. The highest BCUT2D eigenvalue weighted by molar-refractivity contribution is 6.43.